The first kappa shape index (κ1) is 16.5. The highest BCUT2D eigenvalue weighted by molar-refractivity contribution is 9.10. The van der Waals surface area contributed by atoms with E-state index < -0.39 is 0 Å². The second-order valence-electron chi connectivity index (χ2n) is 6.24. The van der Waals surface area contributed by atoms with Crippen LogP contribution in [0.1, 0.15) is 46.6 Å². The Labute approximate surface area is 126 Å². The Morgan fingerprint density at radius 3 is 2.47 bits per heavy atom. The second-order valence-corrected chi connectivity index (χ2v) is 7.16. The van der Waals surface area contributed by atoms with Crippen LogP contribution in [0.4, 0.5) is 5.69 Å². The largest absolute Gasteiger partial charge is 0.372 e. The van der Waals surface area contributed by atoms with Crippen LogP contribution in [0.2, 0.25) is 0 Å². The fourth-order valence-corrected chi connectivity index (χ4v) is 2.32. The third-order valence-electron chi connectivity index (χ3n) is 3.48. The van der Waals surface area contributed by atoms with Gasteiger partial charge in [0.15, 0.2) is 0 Å². The number of rotatable bonds is 5. The fourth-order valence-electron chi connectivity index (χ4n) is 1.91. The quantitative estimate of drug-likeness (QED) is 0.852. The van der Waals surface area contributed by atoms with E-state index in [9.17, 15) is 0 Å². The molecule has 0 aliphatic rings. The lowest BCUT2D eigenvalue weighted by atomic mass is 10.1. The molecular formula is C16H27BrN2. The molecule has 0 radical (unpaired) electrons. The van der Waals surface area contributed by atoms with Crippen molar-refractivity contribution in [3.8, 4) is 0 Å². The molecule has 108 valence electrons. The van der Waals surface area contributed by atoms with Crippen LogP contribution in [0.25, 0.3) is 0 Å². The maximum absolute atomic E-state index is 3.57. The van der Waals surface area contributed by atoms with Gasteiger partial charge in [-0.1, -0.05) is 22.9 Å². The van der Waals surface area contributed by atoms with Gasteiger partial charge in [0.1, 0.15) is 0 Å². The van der Waals surface area contributed by atoms with Gasteiger partial charge in [-0.15, -0.1) is 0 Å². The molecule has 0 bridgehead atoms. The van der Waals surface area contributed by atoms with Crippen molar-refractivity contribution >= 4 is 21.6 Å². The van der Waals surface area contributed by atoms with E-state index in [1.54, 1.807) is 0 Å². The summed E-state index contributed by atoms with van der Waals surface area (Å²) in [5, 5.41) is 3.57. The zero-order valence-corrected chi connectivity index (χ0v) is 14.6. The summed E-state index contributed by atoms with van der Waals surface area (Å²) in [6, 6.07) is 7.09. The molecule has 0 fully saturated rings. The molecule has 1 aromatic carbocycles. The fraction of sp³-hybridized carbons (Fsp3) is 0.625. The highest BCUT2D eigenvalue weighted by atomic mass is 79.9. The lowest BCUT2D eigenvalue weighted by Crippen LogP contribution is -2.36. The van der Waals surface area contributed by atoms with Gasteiger partial charge in [0, 0.05) is 35.3 Å². The first-order valence-corrected chi connectivity index (χ1v) is 7.80. The molecule has 0 saturated carbocycles. The molecule has 0 saturated heterocycles. The van der Waals surface area contributed by atoms with Gasteiger partial charge in [0.05, 0.1) is 0 Å². The highest BCUT2D eigenvalue weighted by Gasteiger charge is 2.15. The van der Waals surface area contributed by atoms with E-state index in [2.05, 4.69) is 86.0 Å². The van der Waals surface area contributed by atoms with Crippen molar-refractivity contribution in [3.63, 3.8) is 0 Å². The zero-order chi connectivity index (χ0) is 14.6. The predicted octanol–water partition coefficient (Wildman–Crippen LogP) is 4.57. The van der Waals surface area contributed by atoms with Crippen LogP contribution in [-0.4, -0.2) is 18.6 Å². The molecule has 1 N–H and O–H groups in total. The van der Waals surface area contributed by atoms with Crippen LogP contribution in [0, 0.1) is 0 Å². The summed E-state index contributed by atoms with van der Waals surface area (Å²) in [5.74, 6) is 0. The maximum Gasteiger partial charge on any atom is 0.0412 e. The van der Waals surface area contributed by atoms with Gasteiger partial charge in [0.25, 0.3) is 0 Å². The van der Waals surface area contributed by atoms with Gasteiger partial charge in [-0.3, -0.25) is 0 Å². The minimum Gasteiger partial charge on any atom is -0.372 e. The van der Waals surface area contributed by atoms with Crippen molar-refractivity contribution < 1.29 is 0 Å². The topological polar surface area (TPSA) is 15.3 Å². The molecule has 1 aromatic rings. The molecule has 0 aliphatic heterocycles. The Bertz CT molecular complexity index is 410. The summed E-state index contributed by atoms with van der Waals surface area (Å²) in [6.45, 7) is 12.0. The van der Waals surface area contributed by atoms with E-state index in [1.165, 1.54) is 11.3 Å². The molecule has 0 heterocycles. The molecule has 2 nitrogen and oxygen atoms in total. The van der Waals surface area contributed by atoms with E-state index in [0.717, 1.165) is 17.4 Å². The Kier molecular flexibility index (Phi) is 5.87. The molecule has 0 aromatic heterocycles. The van der Waals surface area contributed by atoms with Gasteiger partial charge < -0.3 is 10.2 Å². The summed E-state index contributed by atoms with van der Waals surface area (Å²) in [7, 11) is 2.18. The Morgan fingerprint density at radius 1 is 1.32 bits per heavy atom. The SMILES string of the molecule is CCC(C)N(C)c1ccc(Br)cc1CNC(C)(C)C. The van der Waals surface area contributed by atoms with E-state index in [4.69, 9.17) is 0 Å². The molecule has 1 atom stereocenters. The number of nitrogens with one attached hydrogen (secondary N) is 1. The number of halogens is 1. The minimum atomic E-state index is 0.133. The van der Waals surface area contributed by atoms with Crippen molar-refractivity contribution in [1.29, 1.82) is 0 Å². The van der Waals surface area contributed by atoms with Crippen molar-refractivity contribution in [1.82, 2.24) is 5.32 Å². The van der Waals surface area contributed by atoms with Gasteiger partial charge in [-0.2, -0.15) is 0 Å². The van der Waals surface area contributed by atoms with Crippen LogP contribution in [0.5, 0.6) is 0 Å². The van der Waals surface area contributed by atoms with Crippen LogP contribution in [-0.2, 0) is 6.54 Å². The number of hydrogen-bond donors (Lipinski definition) is 1. The number of anilines is 1. The lowest BCUT2D eigenvalue weighted by Gasteiger charge is -2.30. The van der Waals surface area contributed by atoms with Crippen molar-refractivity contribution in [2.45, 2.75) is 59.2 Å². The Hall–Kier alpha value is -0.540. The second kappa shape index (κ2) is 6.76. The normalized spacial score (nSPS) is 13.4. The molecule has 0 spiro atoms. The first-order valence-electron chi connectivity index (χ1n) is 7.01. The number of hydrogen-bond acceptors (Lipinski definition) is 2. The smallest absolute Gasteiger partial charge is 0.0412 e. The van der Waals surface area contributed by atoms with E-state index in [-0.39, 0.29) is 5.54 Å². The molecule has 0 aliphatic carbocycles. The average molecular weight is 327 g/mol. The Morgan fingerprint density at radius 2 is 1.95 bits per heavy atom. The number of benzene rings is 1. The maximum atomic E-state index is 3.57. The van der Waals surface area contributed by atoms with E-state index in [1.807, 2.05) is 0 Å². The van der Waals surface area contributed by atoms with Crippen molar-refractivity contribution in [2.24, 2.45) is 0 Å². The Balaban J connectivity index is 2.97. The van der Waals surface area contributed by atoms with Crippen LogP contribution in [0.3, 0.4) is 0 Å². The first-order chi connectivity index (χ1) is 8.74. The molecule has 3 heteroatoms. The van der Waals surface area contributed by atoms with Gasteiger partial charge in [0.2, 0.25) is 0 Å². The third kappa shape index (κ3) is 5.15. The van der Waals surface area contributed by atoms with Gasteiger partial charge in [-0.25, -0.2) is 0 Å². The van der Waals surface area contributed by atoms with Gasteiger partial charge >= 0.3 is 0 Å². The van der Waals surface area contributed by atoms with Gasteiger partial charge in [-0.05, 0) is 57.9 Å². The summed E-state index contributed by atoms with van der Waals surface area (Å²) in [5.41, 5.74) is 2.79. The van der Waals surface area contributed by atoms with Crippen LogP contribution < -0.4 is 10.2 Å². The van der Waals surface area contributed by atoms with Crippen molar-refractivity contribution in [2.75, 3.05) is 11.9 Å². The van der Waals surface area contributed by atoms with E-state index >= 15 is 0 Å². The molecule has 1 rings (SSSR count). The monoisotopic (exact) mass is 326 g/mol. The molecule has 1 unspecified atom stereocenters. The van der Waals surface area contributed by atoms with E-state index in [0.29, 0.717) is 6.04 Å². The summed E-state index contributed by atoms with van der Waals surface area (Å²) >= 11 is 3.57. The van der Waals surface area contributed by atoms with Crippen LogP contribution >= 0.6 is 15.9 Å². The molecule has 19 heavy (non-hydrogen) atoms. The zero-order valence-electron chi connectivity index (χ0n) is 13.0. The summed E-state index contributed by atoms with van der Waals surface area (Å²) in [4.78, 5) is 2.37. The molecular weight excluding hydrogens is 300 g/mol. The van der Waals surface area contributed by atoms with Crippen molar-refractivity contribution in [3.05, 3.63) is 28.2 Å². The molecule has 0 amide bonds. The standard InChI is InChI=1S/C16H27BrN2/c1-7-12(2)19(6)15-9-8-14(17)10-13(15)11-18-16(3,4)5/h8-10,12,18H,7,11H2,1-6H3. The summed E-state index contributed by atoms with van der Waals surface area (Å²) < 4.78 is 1.14. The third-order valence-corrected chi connectivity index (χ3v) is 3.98. The number of nitrogens with zero attached hydrogens (tertiary/aromatic N) is 1. The summed E-state index contributed by atoms with van der Waals surface area (Å²) in [6.07, 6.45) is 1.15. The average Bonchev–Trinajstić information content (AvgIpc) is 2.34. The predicted molar refractivity (Wildman–Crippen MR) is 88.9 cm³/mol. The minimum absolute atomic E-state index is 0.133. The highest BCUT2D eigenvalue weighted by Crippen LogP contribution is 2.26. The lowest BCUT2D eigenvalue weighted by molar-refractivity contribution is 0.424. The van der Waals surface area contributed by atoms with Crippen LogP contribution in [0.15, 0.2) is 22.7 Å².